The molecule has 4 heteroatoms. The van der Waals surface area contributed by atoms with E-state index in [1.807, 2.05) is 0 Å². The summed E-state index contributed by atoms with van der Waals surface area (Å²) in [6.07, 6.45) is 0.0902. The van der Waals surface area contributed by atoms with Gasteiger partial charge in [0.25, 0.3) is 0 Å². The topological polar surface area (TPSA) is 12.5 Å². The number of likely N-dealkylation sites (N-methyl/N-ethyl adjacent to an activating group) is 1. The average molecular weight is 267 g/mol. The molecular formula is C13H17NOS2. The normalized spacial score (nSPS) is 11.5. The van der Waals surface area contributed by atoms with Gasteiger partial charge in [-0.15, -0.1) is 0 Å². The molecule has 0 amide bonds. The van der Waals surface area contributed by atoms with Gasteiger partial charge in [0.2, 0.25) is 0 Å². The molecule has 17 heavy (non-hydrogen) atoms. The van der Waals surface area contributed by atoms with Crippen molar-refractivity contribution in [2.24, 2.45) is 0 Å². The maximum Gasteiger partial charge on any atom is 0.109 e. The van der Waals surface area contributed by atoms with Crippen LogP contribution in [0.15, 0.2) is 33.7 Å². The van der Waals surface area contributed by atoms with E-state index in [0.29, 0.717) is 0 Å². The van der Waals surface area contributed by atoms with Gasteiger partial charge in [0, 0.05) is 6.54 Å². The fourth-order valence-corrected chi connectivity index (χ4v) is 2.93. The summed E-state index contributed by atoms with van der Waals surface area (Å²) < 4.78 is 6.01. The lowest BCUT2D eigenvalue weighted by atomic mass is 10.1. The van der Waals surface area contributed by atoms with Crippen LogP contribution in [0, 0.1) is 0 Å². The van der Waals surface area contributed by atoms with Gasteiger partial charge in [0.1, 0.15) is 6.10 Å². The Bertz CT molecular complexity index is 374. The molecule has 0 radical (unpaired) electrons. The van der Waals surface area contributed by atoms with E-state index in [2.05, 4.69) is 52.6 Å². The predicted molar refractivity (Wildman–Crippen MR) is 75.0 cm³/mol. The van der Waals surface area contributed by atoms with E-state index in [9.17, 15) is 0 Å². The molecular weight excluding hydrogens is 250 g/mol. The van der Waals surface area contributed by atoms with E-state index in [4.69, 9.17) is 4.74 Å². The minimum Gasteiger partial charge on any atom is -0.367 e. The molecule has 2 heterocycles. The summed E-state index contributed by atoms with van der Waals surface area (Å²) in [6, 6.07) is 4.28. The smallest absolute Gasteiger partial charge is 0.109 e. The Labute approximate surface area is 110 Å². The van der Waals surface area contributed by atoms with Gasteiger partial charge in [-0.25, -0.2) is 0 Å². The van der Waals surface area contributed by atoms with E-state index in [1.165, 1.54) is 11.1 Å². The lowest BCUT2D eigenvalue weighted by Gasteiger charge is -2.17. The SMILES string of the molecule is CN(C)CCOC(c1ccsc1)c1ccsc1. The molecule has 0 aliphatic heterocycles. The summed E-state index contributed by atoms with van der Waals surface area (Å²) in [5, 5.41) is 8.53. The van der Waals surface area contributed by atoms with Crippen molar-refractivity contribution in [2.75, 3.05) is 27.2 Å². The molecule has 0 aliphatic rings. The third kappa shape index (κ3) is 3.64. The van der Waals surface area contributed by atoms with Crippen molar-refractivity contribution >= 4 is 22.7 Å². The van der Waals surface area contributed by atoms with E-state index >= 15 is 0 Å². The number of nitrogens with zero attached hydrogens (tertiary/aromatic N) is 1. The van der Waals surface area contributed by atoms with Gasteiger partial charge in [0.15, 0.2) is 0 Å². The van der Waals surface area contributed by atoms with Crippen LogP contribution in [0.2, 0.25) is 0 Å². The molecule has 2 aromatic heterocycles. The highest BCUT2D eigenvalue weighted by Crippen LogP contribution is 2.29. The van der Waals surface area contributed by atoms with Crippen molar-refractivity contribution in [3.05, 3.63) is 44.8 Å². The number of ether oxygens (including phenoxy) is 1. The Hall–Kier alpha value is -0.680. The van der Waals surface area contributed by atoms with Crippen molar-refractivity contribution in [3.63, 3.8) is 0 Å². The molecule has 2 nitrogen and oxygen atoms in total. The predicted octanol–water partition coefficient (Wildman–Crippen LogP) is 3.48. The Morgan fingerprint density at radius 1 is 1.12 bits per heavy atom. The molecule has 0 unspecified atom stereocenters. The lowest BCUT2D eigenvalue weighted by Crippen LogP contribution is -2.19. The van der Waals surface area contributed by atoms with E-state index in [-0.39, 0.29) is 6.10 Å². The number of rotatable bonds is 6. The fraction of sp³-hybridized carbons (Fsp3) is 0.385. The van der Waals surface area contributed by atoms with Crippen LogP contribution in [-0.4, -0.2) is 32.1 Å². The largest absolute Gasteiger partial charge is 0.367 e. The molecule has 0 N–H and O–H groups in total. The quantitative estimate of drug-likeness (QED) is 0.794. The van der Waals surface area contributed by atoms with Crippen LogP contribution in [0.25, 0.3) is 0 Å². The van der Waals surface area contributed by atoms with Crippen LogP contribution in [0.5, 0.6) is 0 Å². The summed E-state index contributed by atoms with van der Waals surface area (Å²) >= 11 is 3.44. The zero-order chi connectivity index (χ0) is 12.1. The highest BCUT2D eigenvalue weighted by atomic mass is 32.1. The molecule has 0 atom stereocenters. The third-order valence-electron chi connectivity index (χ3n) is 2.51. The Balaban J connectivity index is 2.04. The van der Waals surface area contributed by atoms with Gasteiger partial charge >= 0.3 is 0 Å². The molecule has 0 aliphatic carbocycles. The second-order valence-corrected chi connectivity index (χ2v) is 5.73. The zero-order valence-electron chi connectivity index (χ0n) is 10.1. The minimum absolute atomic E-state index is 0.0902. The highest BCUT2D eigenvalue weighted by Gasteiger charge is 2.15. The minimum atomic E-state index is 0.0902. The first-order valence-electron chi connectivity index (χ1n) is 5.58. The number of hydrogen-bond donors (Lipinski definition) is 0. The Morgan fingerprint density at radius 3 is 2.12 bits per heavy atom. The summed E-state index contributed by atoms with van der Waals surface area (Å²) in [6.45, 7) is 1.70. The van der Waals surface area contributed by atoms with Crippen molar-refractivity contribution < 1.29 is 4.74 Å². The van der Waals surface area contributed by atoms with E-state index < -0.39 is 0 Å². The van der Waals surface area contributed by atoms with Crippen LogP contribution >= 0.6 is 22.7 Å². The monoisotopic (exact) mass is 267 g/mol. The molecule has 0 aromatic carbocycles. The van der Waals surface area contributed by atoms with Crippen LogP contribution in [0.1, 0.15) is 17.2 Å². The first-order chi connectivity index (χ1) is 8.27. The second kappa shape index (κ2) is 6.31. The number of hydrogen-bond acceptors (Lipinski definition) is 4. The van der Waals surface area contributed by atoms with Crippen molar-refractivity contribution in [1.82, 2.24) is 4.90 Å². The fourth-order valence-electron chi connectivity index (χ4n) is 1.59. The van der Waals surface area contributed by atoms with Gasteiger partial charge in [-0.1, -0.05) is 0 Å². The molecule has 2 aromatic rings. The van der Waals surface area contributed by atoms with E-state index in [0.717, 1.165) is 13.2 Å². The van der Waals surface area contributed by atoms with Crippen molar-refractivity contribution in [1.29, 1.82) is 0 Å². The molecule has 0 fully saturated rings. The first-order valence-corrected chi connectivity index (χ1v) is 7.46. The van der Waals surface area contributed by atoms with Crippen LogP contribution < -0.4 is 0 Å². The second-order valence-electron chi connectivity index (χ2n) is 4.17. The molecule has 92 valence electrons. The van der Waals surface area contributed by atoms with Gasteiger partial charge in [-0.3, -0.25) is 0 Å². The zero-order valence-corrected chi connectivity index (χ0v) is 11.8. The Kier molecular flexibility index (Phi) is 4.74. The van der Waals surface area contributed by atoms with Gasteiger partial charge in [-0.2, -0.15) is 22.7 Å². The molecule has 2 rings (SSSR count). The summed E-state index contributed by atoms with van der Waals surface area (Å²) in [5.74, 6) is 0. The van der Waals surface area contributed by atoms with Crippen molar-refractivity contribution in [3.8, 4) is 0 Å². The molecule has 0 saturated carbocycles. The van der Waals surface area contributed by atoms with Crippen molar-refractivity contribution in [2.45, 2.75) is 6.10 Å². The first kappa shape index (κ1) is 12.8. The van der Waals surface area contributed by atoms with Gasteiger partial charge in [0.05, 0.1) is 6.61 Å². The maximum absolute atomic E-state index is 6.01. The highest BCUT2D eigenvalue weighted by molar-refractivity contribution is 7.08. The maximum atomic E-state index is 6.01. The Morgan fingerprint density at radius 2 is 1.71 bits per heavy atom. The number of thiophene rings is 2. The standard InChI is InChI=1S/C13H17NOS2/c1-14(2)5-6-15-13(11-3-7-16-9-11)12-4-8-17-10-12/h3-4,7-10,13H,5-6H2,1-2H3. The molecule has 0 saturated heterocycles. The molecule has 0 spiro atoms. The average Bonchev–Trinajstić information content (AvgIpc) is 2.97. The van der Waals surface area contributed by atoms with E-state index in [1.54, 1.807) is 22.7 Å². The summed E-state index contributed by atoms with van der Waals surface area (Å²) in [4.78, 5) is 2.14. The van der Waals surface area contributed by atoms with Crippen LogP contribution in [-0.2, 0) is 4.74 Å². The molecule has 0 bridgehead atoms. The van der Waals surface area contributed by atoms with Gasteiger partial charge < -0.3 is 9.64 Å². The van der Waals surface area contributed by atoms with Crippen LogP contribution in [0.3, 0.4) is 0 Å². The van der Waals surface area contributed by atoms with Crippen LogP contribution in [0.4, 0.5) is 0 Å². The summed E-state index contributed by atoms with van der Waals surface area (Å²) in [7, 11) is 4.13. The third-order valence-corrected chi connectivity index (χ3v) is 3.92. The summed E-state index contributed by atoms with van der Waals surface area (Å²) in [5.41, 5.74) is 2.51. The van der Waals surface area contributed by atoms with Gasteiger partial charge in [-0.05, 0) is 58.9 Å². The lowest BCUT2D eigenvalue weighted by molar-refractivity contribution is 0.0692.